The maximum atomic E-state index is 12.2. The van der Waals surface area contributed by atoms with E-state index in [9.17, 15) is 22.8 Å². The molecule has 0 radical (unpaired) electrons. The van der Waals surface area contributed by atoms with Gasteiger partial charge in [0.1, 0.15) is 0 Å². The Balaban J connectivity index is 1.91. The van der Waals surface area contributed by atoms with Gasteiger partial charge in [0, 0.05) is 47.8 Å². The molecule has 1 aromatic carbocycles. The van der Waals surface area contributed by atoms with Crippen LogP contribution in [0.1, 0.15) is 43.3 Å². The van der Waals surface area contributed by atoms with Crippen molar-refractivity contribution in [3.05, 3.63) is 51.2 Å². The molecule has 0 atom stereocenters. The Bertz CT molecular complexity index is 1040. The summed E-state index contributed by atoms with van der Waals surface area (Å²) in [6.45, 7) is 3.77. The average molecular weight is 438 g/mol. The topological polar surface area (TPSA) is 113 Å². The van der Waals surface area contributed by atoms with E-state index in [0.29, 0.717) is 5.56 Å². The van der Waals surface area contributed by atoms with Crippen molar-refractivity contribution < 1.29 is 22.8 Å². The summed E-state index contributed by atoms with van der Waals surface area (Å²) in [6, 6.07) is 7.28. The number of sulfonamides is 1. The van der Waals surface area contributed by atoms with Crippen molar-refractivity contribution in [2.45, 2.75) is 31.6 Å². The molecule has 0 unspecified atom stereocenters. The Morgan fingerprint density at radius 3 is 2.31 bits per heavy atom. The first-order valence-corrected chi connectivity index (χ1v) is 11.0. The molecular weight excluding hydrogens is 414 g/mol. The first kappa shape index (κ1) is 22.7. The molecule has 2 N–H and O–H groups in total. The van der Waals surface area contributed by atoms with Crippen molar-refractivity contribution in [2.24, 2.45) is 0 Å². The highest BCUT2D eigenvalue weighted by Crippen LogP contribution is 2.22. The van der Waals surface area contributed by atoms with Gasteiger partial charge in [0.2, 0.25) is 15.9 Å². The van der Waals surface area contributed by atoms with E-state index >= 15 is 0 Å². The molecule has 2 amide bonds. The molecule has 0 fully saturated rings. The van der Waals surface area contributed by atoms with E-state index in [-0.39, 0.29) is 29.1 Å². The molecule has 29 heavy (non-hydrogen) atoms. The molecule has 0 saturated heterocycles. The van der Waals surface area contributed by atoms with E-state index < -0.39 is 21.8 Å². The average Bonchev–Trinajstić information content (AvgIpc) is 3.02. The van der Waals surface area contributed by atoms with E-state index in [1.165, 1.54) is 49.7 Å². The summed E-state index contributed by atoms with van der Waals surface area (Å²) in [4.78, 5) is 38.3. The van der Waals surface area contributed by atoms with E-state index in [4.69, 9.17) is 0 Å². The largest absolute Gasteiger partial charge is 0.294 e. The zero-order chi connectivity index (χ0) is 21.8. The predicted molar refractivity (Wildman–Crippen MR) is 110 cm³/mol. The Kier molecular flexibility index (Phi) is 7.28. The number of benzene rings is 1. The van der Waals surface area contributed by atoms with Crippen LogP contribution in [0.5, 0.6) is 0 Å². The van der Waals surface area contributed by atoms with Gasteiger partial charge in [-0.3, -0.25) is 25.2 Å². The number of ketones is 1. The fourth-order valence-electron chi connectivity index (χ4n) is 2.54. The van der Waals surface area contributed by atoms with Crippen LogP contribution in [-0.2, 0) is 14.8 Å². The zero-order valence-electron chi connectivity index (χ0n) is 16.6. The van der Waals surface area contributed by atoms with Crippen LogP contribution < -0.4 is 10.9 Å². The van der Waals surface area contributed by atoms with Gasteiger partial charge in [-0.05, 0) is 38.1 Å². The molecule has 0 aliphatic rings. The van der Waals surface area contributed by atoms with Crippen molar-refractivity contribution >= 4 is 39.0 Å². The fraction of sp³-hybridized carbons (Fsp3) is 0.316. The zero-order valence-corrected chi connectivity index (χ0v) is 18.2. The Hall–Kier alpha value is -2.56. The molecule has 1 aromatic heterocycles. The number of thiophene rings is 1. The van der Waals surface area contributed by atoms with Gasteiger partial charge in [0.05, 0.1) is 4.90 Å². The summed E-state index contributed by atoms with van der Waals surface area (Å²) in [5, 5.41) is 0. The maximum Gasteiger partial charge on any atom is 0.269 e. The number of aryl methyl sites for hydroxylation is 2. The fourth-order valence-corrected chi connectivity index (χ4v) is 4.43. The summed E-state index contributed by atoms with van der Waals surface area (Å²) in [6.07, 6.45) is -0.0578. The predicted octanol–water partition coefficient (Wildman–Crippen LogP) is 2.04. The maximum absolute atomic E-state index is 12.2. The first-order valence-electron chi connectivity index (χ1n) is 8.74. The van der Waals surface area contributed by atoms with E-state index in [1.807, 2.05) is 13.8 Å². The number of nitrogens with one attached hydrogen (secondary N) is 2. The minimum absolute atomic E-state index is 0.0231. The first-order chi connectivity index (χ1) is 13.5. The van der Waals surface area contributed by atoms with Crippen molar-refractivity contribution in [1.82, 2.24) is 15.2 Å². The van der Waals surface area contributed by atoms with Gasteiger partial charge in [-0.1, -0.05) is 6.07 Å². The number of rotatable bonds is 7. The van der Waals surface area contributed by atoms with Gasteiger partial charge in [-0.15, -0.1) is 11.3 Å². The second-order valence-corrected chi connectivity index (χ2v) is 10.2. The Labute approximate surface area is 173 Å². The van der Waals surface area contributed by atoms with Gasteiger partial charge >= 0.3 is 0 Å². The third kappa shape index (κ3) is 5.72. The van der Waals surface area contributed by atoms with Crippen LogP contribution in [0.3, 0.4) is 0 Å². The van der Waals surface area contributed by atoms with Gasteiger partial charge in [0.15, 0.2) is 5.78 Å². The number of hydrogen-bond donors (Lipinski definition) is 2. The minimum Gasteiger partial charge on any atom is -0.294 e. The van der Waals surface area contributed by atoms with Crippen LogP contribution in [0.25, 0.3) is 0 Å². The summed E-state index contributed by atoms with van der Waals surface area (Å²) in [7, 11) is -0.898. The highest BCUT2D eigenvalue weighted by molar-refractivity contribution is 7.89. The Morgan fingerprint density at radius 1 is 1.03 bits per heavy atom. The molecule has 0 spiro atoms. The third-order valence-electron chi connectivity index (χ3n) is 4.11. The number of carbonyl (C=O) groups is 3. The van der Waals surface area contributed by atoms with E-state index in [0.717, 1.165) is 14.1 Å². The highest BCUT2D eigenvalue weighted by Gasteiger charge is 2.19. The lowest BCUT2D eigenvalue weighted by Gasteiger charge is -2.12. The monoisotopic (exact) mass is 437 g/mol. The molecule has 1 heterocycles. The van der Waals surface area contributed by atoms with Crippen LogP contribution in [0.4, 0.5) is 0 Å². The molecule has 0 aliphatic carbocycles. The molecule has 0 bridgehead atoms. The molecule has 156 valence electrons. The summed E-state index contributed by atoms with van der Waals surface area (Å²) < 4.78 is 25.4. The lowest BCUT2D eigenvalue weighted by atomic mass is 10.1. The van der Waals surface area contributed by atoms with Crippen molar-refractivity contribution in [1.29, 1.82) is 0 Å². The van der Waals surface area contributed by atoms with E-state index in [2.05, 4.69) is 10.9 Å². The third-order valence-corrected chi connectivity index (χ3v) is 6.89. The molecule has 0 saturated carbocycles. The number of hydrazine groups is 1. The number of amides is 2. The van der Waals surface area contributed by atoms with Gasteiger partial charge in [-0.25, -0.2) is 12.7 Å². The number of Topliss-reactive ketones (excluding diaryl/α,β-unsaturated/α-hetero) is 1. The van der Waals surface area contributed by atoms with Gasteiger partial charge in [-0.2, -0.15) is 0 Å². The SMILES string of the molecule is Cc1cc(C(=O)CCC(=O)NNC(=O)c2cccc(S(=O)(=O)N(C)C)c2)c(C)s1. The number of hydrogen-bond acceptors (Lipinski definition) is 6. The second-order valence-electron chi connectivity index (χ2n) is 6.57. The highest BCUT2D eigenvalue weighted by atomic mass is 32.2. The molecule has 2 rings (SSSR count). The normalized spacial score (nSPS) is 11.3. The molecule has 10 heteroatoms. The molecule has 2 aromatic rings. The van der Waals surface area contributed by atoms with Crippen LogP contribution in [0.2, 0.25) is 0 Å². The van der Waals surface area contributed by atoms with Crippen LogP contribution in [0, 0.1) is 13.8 Å². The van der Waals surface area contributed by atoms with Crippen molar-refractivity contribution in [3.8, 4) is 0 Å². The smallest absolute Gasteiger partial charge is 0.269 e. The molecule has 0 aliphatic heterocycles. The van der Waals surface area contributed by atoms with Gasteiger partial charge < -0.3 is 0 Å². The Morgan fingerprint density at radius 2 is 1.72 bits per heavy atom. The molecule has 8 nitrogen and oxygen atoms in total. The van der Waals surface area contributed by atoms with Crippen molar-refractivity contribution in [2.75, 3.05) is 14.1 Å². The minimum atomic E-state index is -3.68. The van der Waals surface area contributed by atoms with Gasteiger partial charge in [0.25, 0.3) is 5.91 Å². The number of nitrogens with zero attached hydrogens (tertiary/aromatic N) is 1. The van der Waals surface area contributed by atoms with Crippen LogP contribution in [0.15, 0.2) is 35.2 Å². The lowest BCUT2D eigenvalue weighted by molar-refractivity contribution is -0.121. The summed E-state index contributed by atoms with van der Waals surface area (Å²) in [5.74, 6) is -1.31. The van der Waals surface area contributed by atoms with E-state index in [1.54, 1.807) is 6.07 Å². The van der Waals surface area contributed by atoms with Crippen LogP contribution >= 0.6 is 11.3 Å². The summed E-state index contributed by atoms with van der Waals surface area (Å²) >= 11 is 1.52. The number of carbonyl (C=O) groups excluding carboxylic acids is 3. The summed E-state index contributed by atoms with van der Waals surface area (Å²) in [5.41, 5.74) is 5.16. The second kappa shape index (κ2) is 9.29. The molecular formula is C19H23N3O5S2. The quantitative estimate of drug-likeness (QED) is 0.508. The van der Waals surface area contributed by atoms with Crippen LogP contribution in [-0.4, -0.2) is 44.4 Å². The standard InChI is InChI=1S/C19H23N3O5S2/c1-12-10-16(13(2)28-12)17(23)8-9-18(24)20-21-19(25)14-6-5-7-15(11-14)29(26,27)22(3)4/h5-7,10-11H,8-9H2,1-4H3,(H,20,24)(H,21,25). The lowest BCUT2D eigenvalue weighted by Crippen LogP contribution is -2.41. The van der Waals surface area contributed by atoms with Crippen molar-refractivity contribution in [3.63, 3.8) is 0 Å².